The Kier molecular flexibility index (Phi) is 5.26. The fourth-order valence-electron chi connectivity index (χ4n) is 1.94. The van der Waals surface area contributed by atoms with Gasteiger partial charge in [0.2, 0.25) is 10.0 Å². The van der Waals surface area contributed by atoms with E-state index in [0.717, 1.165) is 24.5 Å². The molecule has 8 heteroatoms. The molecule has 0 aromatic carbocycles. The highest BCUT2D eigenvalue weighted by Gasteiger charge is 2.26. The van der Waals surface area contributed by atoms with Crippen LogP contribution in [0.2, 0.25) is 0 Å². The van der Waals surface area contributed by atoms with Gasteiger partial charge in [0.25, 0.3) is 0 Å². The second-order valence-electron chi connectivity index (χ2n) is 4.41. The van der Waals surface area contributed by atoms with Gasteiger partial charge in [0.05, 0.1) is 12.7 Å². The minimum atomic E-state index is -3.37. The Morgan fingerprint density at radius 1 is 1.42 bits per heavy atom. The van der Waals surface area contributed by atoms with E-state index < -0.39 is 10.0 Å². The second kappa shape index (κ2) is 6.74. The lowest BCUT2D eigenvalue weighted by atomic mass is 10.5. The first-order chi connectivity index (χ1) is 9.14. The lowest BCUT2D eigenvalue weighted by Gasteiger charge is -2.18. The smallest absolute Gasteiger partial charge is 0.246 e. The molecule has 1 N–H and O–H groups in total. The average Bonchev–Trinajstić information content (AvgIpc) is 2.70. The molecule has 0 radical (unpaired) electrons. The monoisotopic (exact) mass is 304 g/mol. The van der Waals surface area contributed by atoms with E-state index in [1.54, 1.807) is 15.2 Å². The van der Waals surface area contributed by atoms with Crippen LogP contribution in [-0.2, 0) is 16.6 Å². The molecule has 0 saturated carbocycles. The van der Waals surface area contributed by atoms with Gasteiger partial charge in [0.1, 0.15) is 4.90 Å². The number of nitrogens with zero attached hydrogens (tertiary/aromatic N) is 3. The summed E-state index contributed by atoms with van der Waals surface area (Å²) in [5, 5.41) is 7.12. The largest absolute Gasteiger partial charge is 0.318 e. The van der Waals surface area contributed by atoms with Gasteiger partial charge in [-0.05, 0) is 19.2 Å². The molecule has 1 aromatic rings. The Balaban J connectivity index is 2.11. The molecule has 1 fully saturated rings. The predicted molar refractivity (Wildman–Crippen MR) is 76.9 cm³/mol. The van der Waals surface area contributed by atoms with Gasteiger partial charge in [0.15, 0.2) is 0 Å². The van der Waals surface area contributed by atoms with Crippen LogP contribution in [0.5, 0.6) is 0 Å². The van der Waals surface area contributed by atoms with Crippen molar-refractivity contribution in [2.75, 3.05) is 38.2 Å². The van der Waals surface area contributed by atoms with Crippen molar-refractivity contribution in [2.45, 2.75) is 17.9 Å². The number of likely N-dealkylation sites (N-methyl/N-ethyl adjacent to an activating group) is 1. The molecule has 0 atom stereocenters. The number of thioether (sulfide) groups is 1. The number of hydrogen-bond donors (Lipinski definition) is 1. The van der Waals surface area contributed by atoms with Crippen molar-refractivity contribution in [3.63, 3.8) is 0 Å². The Labute approximate surface area is 118 Å². The average molecular weight is 304 g/mol. The molecule has 1 saturated heterocycles. The third-order valence-corrected chi connectivity index (χ3v) is 5.92. The number of rotatable bonds is 5. The van der Waals surface area contributed by atoms with Gasteiger partial charge in [-0.25, -0.2) is 8.42 Å². The molecule has 0 amide bonds. The maximum absolute atomic E-state index is 12.5. The van der Waals surface area contributed by atoms with Crippen molar-refractivity contribution < 1.29 is 8.42 Å². The van der Waals surface area contributed by atoms with Gasteiger partial charge >= 0.3 is 0 Å². The van der Waals surface area contributed by atoms with Crippen LogP contribution in [0.15, 0.2) is 17.3 Å². The molecule has 108 valence electrons. The molecule has 0 spiro atoms. The summed E-state index contributed by atoms with van der Waals surface area (Å²) < 4.78 is 28.2. The molecular formula is C11H20N4O2S2. The summed E-state index contributed by atoms with van der Waals surface area (Å²) in [5.74, 6) is 1.90. The Hall–Kier alpha value is -0.570. The molecule has 2 heterocycles. The quantitative estimate of drug-likeness (QED) is 0.843. The zero-order valence-electron chi connectivity index (χ0n) is 11.1. The van der Waals surface area contributed by atoms with Crippen LogP contribution in [0.3, 0.4) is 0 Å². The van der Waals surface area contributed by atoms with E-state index in [9.17, 15) is 8.42 Å². The maximum Gasteiger partial charge on any atom is 0.246 e. The van der Waals surface area contributed by atoms with E-state index in [-0.39, 0.29) is 0 Å². The molecule has 1 aliphatic heterocycles. The summed E-state index contributed by atoms with van der Waals surface area (Å²) >= 11 is 1.81. The Morgan fingerprint density at radius 3 is 3.05 bits per heavy atom. The van der Waals surface area contributed by atoms with Gasteiger partial charge < -0.3 is 5.32 Å². The third kappa shape index (κ3) is 3.71. The zero-order chi connectivity index (χ0) is 13.7. The summed E-state index contributed by atoms with van der Waals surface area (Å²) in [7, 11) is -1.52. The summed E-state index contributed by atoms with van der Waals surface area (Å²) in [5.41, 5.74) is 0. The minimum absolute atomic E-state index is 0.301. The van der Waals surface area contributed by atoms with Gasteiger partial charge in [-0.15, -0.1) is 0 Å². The van der Waals surface area contributed by atoms with Gasteiger partial charge in [-0.3, -0.25) is 4.68 Å². The van der Waals surface area contributed by atoms with Gasteiger partial charge in [0, 0.05) is 31.6 Å². The molecule has 1 aliphatic rings. The molecule has 19 heavy (non-hydrogen) atoms. The predicted octanol–water partition coefficient (Wildman–Crippen LogP) is 0.230. The number of nitrogens with one attached hydrogen (secondary N) is 1. The summed E-state index contributed by atoms with van der Waals surface area (Å²) in [6.45, 7) is 2.63. The van der Waals surface area contributed by atoms with Crippen molar-refractivity contribution in [1.82, 2.24) is 19.4 Å². The van der Waals surface area contributed by atoms with E-state index in [0.29, 0.717) is 24.5 Å². The lowest BCUT2D eigenvalue weighted by Crippen LogP contribution is -2.32. The van der Waals surface area contributed by atoms with Crippen LogP contribution in [0.4, 0.5) is 0 Å². The van der Waals surface area contributed by atoms with Crippen LogP contribution in [-0.4, -0.2) is 60.7 Å². The van der Waals surface area contributed by atoms with Crippen molar-refractivity contribution in [3.05, 3.63) is 12.4 Å². The maximum atomic E-state index is 12.5. The first-order valence-electron chi connectivity index (χ1n) is 6.39. The first-order valence-corrected chi connectivity index (χ1v) is 8.99. The van der Waals surface area contributed by atoms with Crippen molar-refractivity contribution >= 4 is 21.8 Å². The van der Waals surface area contributed by atoms with E-state index in [1.807, 2.05) is 18.8 Å². The fourth-order valence-corrected chi connectivity index (χ4v) is 4.38. The number of hydrogen-bond acceptors (Lipinski definition) is 5. The minimum Gasteiger partial charge on any atom is -0.318 e. The molecular weight excluding hydrogens is 284 g/mol. The molecule has 0 aliphatic carbocycles. The van der Waals surface area contributed by atoms with Crippen molar-refractivity contribution in [3.8, 4) is 0 Å². The van der Waals surface area contributed by atoms with Crippen LogP contribution >= 0.6 is 11.8 Å². The highest BCUT2D eigenvalue weighted by molar-refractivity contribution is 7.99. The van der Waals surface area contributed by atoms with Crippen molar-refractivity contribution in [1.29, 1.82) is 0 Å². The summed E-state index contributed by atoms with van der Waals surface area (Å²) in [4.78, 5) is 0.301. The van der Waals surface area contributed by atoms with Gasteiger partial charge in [-0.2, -0.15) is 21.2 Å². The lowest BCUT2D eigenvalue weighted by molar-refractivity contribution is 0.435. The van der Waals surface area contributed by atoms with Crippen LogP contribution in [0, 0.1) is 0 Å². The number of aromatic nitrogens is 2. The van der Waals surface area contributed by atoms with Crippen molar-refractivity contribution in [2.24, 2.45) is 0 Å². The fraction of sp³-hybridized carbons (Fsp3) is 0.727. The van der Waals surface area contributed by atoms with Crippen LogP contribution in [0.25, 0.3) is 0 Å². The summed E-state index contributed by atoms with van der Waals surface area (Å²) in [6.07, 6.45) is 3.98. The Morgan fingerprint density at radius 2 is 2.26 bits per heavy atom. The first kappa shape index (κ1) is 14.8. The molecule has 0 unspecified atom stereocenters. The third-order valence-electron chi connectivity index (χ3n) is 3.02. The van der Waals surface area contributed by atoms with E-state index in [4.69, 9.17) is 0 Å². The highest BCUT2D eigenvalue weighted by Crippen LogP contribution is 2.19. The number of sulfonamides is 1. The molecule has 2 rings (SSSR count). The summed E-state index contributed by atoms with van der Waals surface area (Å²) in [6, 6.07) is 0. The highest BCUT2D eigenvalue weighted by atomic mass is 32.2. The van der Waals surface area contributed by atoms with Gasteiger partial charge in [-0.1, -0.05) is 0 Å². The molecule has 1 aromatic heterocycles. The Bertz CT molecular complexity index is 493. The standard InChI is InChI=1S/C11H20N4O2S2/c1-12-3-5-14-10-11(9-13-14)19(16,17)15-4-2-7-18-8-6-15/h9-10,12H,2-8H2,1H3. The van der Waals surface area contributed by atoms with E-state index in [1.165, 1.54) is 6.20 Å². The van der Waals surface area contributed by atoms with E-state index >= 15 is 0 Å². The second-order valence-corrected chi connectivity index (χ2v) is 7.58. The van der Waals surface area contributed by atoms with Crippen LogP contribution in [0.1, 0.15) is 6.42 Å². The molecule has 0 bridgehead atoms. The molecule has 6 nitrogen and oxygen atoms in total. The topological polar surface area (TPSA) is 67.2 Å². The zero-order valence-corrected chi connectivity index (χ0v) is 12.7. The normalized spacial score (nSPS) is 18.4. The van der Waals surface area contributed by atoms with Crippen LogP contribution < -0.4 is 5.32 Å². The van der Waals surface area contributed by atoms with E-state index in [2.05, 4.69) is 10.4 Å². The SMILES string of the molecule is CNCCn1cc(S(=O)(=O)N2CCCSCC2)cn1.